The van der Waals surface area contributed by atoms with Gasteiger partial charge in [-0.15, -0.1) is 0 Å². The van der Waals surface area contributed by atoms with E-state index in [0.717, 1.165) is 18.9 Å². The van der Waals surface area contributed by atoms with Gasteiger partial charge >= 0.3 is 0 Å². The first-order chi connectivity index (χ1) is 9.85. The smallest absolute Gasteiger partial charge is 0.244 e. The molecular formula is C14H16F2N2O2S. The van der Waals surface area contributed by atoms with Crippen LogP contribution in [0, 0.1) is 29.4 Å². The Morgan fingerprint density at radius 3 is 2.67 bits per heavy atom. The van der Waals surface area contributed by atoms with Gasteiger partial charge in [-0.3, -0.25) is 0 Å². The van der Waals surface area contributed by atoms with E-state index >= 15 is 0 Å². The summed E-state index contributed by atoms with van der Waals surface area (Å²) in [6.07, 6.45) is 1.88. The van der Waals surface area contributed by atoms with E-state index in [9.17, 15) is 17.2 Å². The van der Waals surface area contributed by atoms with Gasteiger partial charge in [-0.2, -0.15) is 0 Å². The summed E-state index contributed by atoms with van der Waals surface area (Å²) in [5.74, 6) is 3.04. The Labute approximate surface area is 122 Å². The molecule has 4 nitrogen and oxygen atoms in total. The molecule has 1 fully saturated rings. The number of nitrogens with two attached hydrogens (primary N) is 1. The van der Waals surface area contributed by atoms with Gasteiger partial charge in [0.05, 0.1) is 12.1 Å². The number of sulfonamides is 1. The zero-order chi connectivity index (χ0) is 15.6. The fourth-order valence-electron chi connectivity index (χ4n) is 2.07. The molecule has 0 bridgehead atoms. The van der Waals surface area contributed by atoms with Crippen molar-refractivity contribution in [3.05, 3.63) is 29.3 Å². The van der Waals surface area contributed by atoms with Crippen LogP contribution in [0.2, 0.25) is 0 Å². The first-order valence-corrected chi connectivity index (χ1v) is 8.04. The molecule has 1 aromatic rings. The van der Waals surface area contributed by atoms with Crippen LogP contribution in [0.1, 0.15) is 25.3 Å². The third kappa shape index (κ3) is 3.79. The van der Waals surface area contributed by atoms with Crippen molar-refractivity contribution < 1.29 is 17.2 Å². The highest BCUT2D eigenvalue weighted by Gasteiger charge is 2.33. The van der Waals surface area contributed by atoms with Gasteiger partial charge in [0.25, 0.3) is 0 Å². The predicted molar refractivity (Wildman–Crippen MR) is 74.8 cm³/mol. The van der Waals surface area contributed by atoms with E-state index in [2.05, 4.69) is 16.6 Å². The molecule has 1 aromatic carbocycles. The fourth-order valence-corrected chi connectivity index (χ4v) is 3.58. The highest BCUT2D eigenvalue weighted by Crippen LogP contribution is 2.33. The molecule has 3 N–H and O–H groups in total. The first kappa shape index (κ1) is 15.9. The molecule has 0 aliphatic heterocycles. The Balaban J connectivity index is 2.45. The standard InChI is InChI=1S/C14H16F2N2O2S/c1-9(10-4-5-10)18-21(19,20)14-11(3-2-6-17)7-12(15)8-13(14)16/h7-10,18H,4-6,17H2,1H3. The van der Waals surface area contributed by atoms with Crippen molar-refractivity contribution in [2.24, 2.45) is 11.7 Å². The molecular weight excluding hydrogens is 298 g/mol. The lowest BCUT2D eigenvalue weighted by molar-refractivity contribution is 0.521. The summed E-state index contributed by atoms with van der Waals surface area (Å²) in [4.78, 5) is -0.627. The molecule has 0 radical (unpaired) electrons. The van der Waals surface area contributed by atoms with Crippen LogP contribution in [0.3, 0.4) is 0 Å². The predicted octanol–water partition coefficient (Wildman–Crippen LogP) is 1.35. The number of halogens is 2. The van der Waals surface area contributed by atoms with E-state index < -0.39 is 26.6 Å². The lowest BCUT2D eigenvalue weighted by atomic mass is 10.2. The maximum Gasteiger partial charge on any atom is 0.244 e. The second-order valence-corrected chi connectivity index (χ2v) is 6.67. The second-order valence-electron chi connectivity index (χ2n) is 5.02. The average molecular weight is 314 g/mol. The van der Waals surface area contributed by atoms with Gasteiger partial charge in [0.2, 0.25) is 10.0 Å². The summed E-state index contributed by atoms with van der Waals surface area (Å²) in [5.41, 5.74) is 4.99. The molecule has 0 heterocycles. The molecule has 7 heteroatoms. The summed E-state index contributed by atoms with van der Waals surface area (Å²) in [5, 5.41) is 0. The monoisotopic (exact) mass is 314 g/mol. The second kappa shape index (κ2) is 6.10. The van der Waals surface area contributed by atoms with E-state index in [-0.39, 0.29) is 24.1 Å². The van der Waals surface area contributed by atoms with E-state index in [1.54, 1.807) is 6.92 Å². The maximum absolute atomic E-state index is 13.9. The summed E-state index contributed by atoms with van der Waals surface area (Å²) < 4.78 is 54.3. The van der Waals surface area contributed by atoms with E-state index in [1.807, 2.05) is 0 Å². The quantitative estimate of drug-likeness (QED) is 0.824. The molecule has 0 spiro atoms. The Morgan fingerprint density at radius 2 is 2.10 bits per heavy atom. The minimum atomic E-state index is -4.11. The molecule has 1 atom stereocenters. The van der Waals surface area contributed by atoms with Gasteiger partial charge in [-0.1, -0.05) is 11.8 Å². The van der Waals surface area contributed by atoms with Crippen LogP contribution in [0.5, 0.6) is 0 Å². The van der Waals surface area contributed by atoms with Crippen molar-refractivity contribution in [1.82, 2.24) is 4.72 Å². The Morgan fingerprint density at radius 1 is 1.43 bits per heavy atom. The minimum Gasteiger partial charge on any atom is -0.320 e. The highest BCUT2D eigenvalue weighted by atomic mass is 32.2. The Bertz CT molecular complexity index is 704. The normalized spacial score (nSPS) is 16.2. The van der Waals surface area contributed by atoms with Gasteiger partial charge in [0.15, 0.2) is 0 Å². The lowest BCUT2D eigenvalue weighted by Gasteiger charge is -2.15. The van der Waals surface area contributed by atoms with Crippen LogP contribution in [-0.2, 0) is 10.0 Å². The maximum atomic E-state index is 13.9. The van der Waals surface area contributed by atoms with Crippen molar-refractivity contribution in [2.45, 2.75) is 30.7 Å². The van der Waals surface area contributed by atoms with E-state index in [1.165, 1.54) is 0 Å². The molecule has 114 valence electrons. The fraction of sp³-hybridized carbons (Fsp3) is 0.429. The van der Waals surface area contributed by atoms with Crippen molar-refractivity contribution in [3.8, 4) is 11.8 Å². The average Bonchev–Trinajstić information content (AvgIpc) is 3.18. The van der Waals surface area contributed by atoms with E-state index in [0.29, 0.717) is 6.07 Å². The number of hydrogen-bond acceptors (Lipinski definition) is 3. The summed E-state index contributed by atoms with van der Waals surface area (Å²) >= 11 is 0. The van der Waals surface area contributed by atoms with Crippen molar-refractivity contribution in [3.63, 3.8) is 0 Å². The minimum absolute atomic E-state index is 0.0382. The Kier molecular flexibility index (Phi) is 4.61. The molecule has 0 aromatic heterocycles. The molecule has 1 unspecified atom stereocenters. The summed E-state index contributed by atoms with van der Waals surface area (Å²) in [6.45, 7) is 1.69. The SMILES string of the molecule is CC(NS(=O)(=O)c1c(F)cc(F)cc1C#CCN)C1CC1. The summed E-state index contributed by atoms with van der Waals surface area (Å²) in [6, 6.07) is 1.13. The number of rotatable bonds is 4. The van der Waals surface area contributed by atoms with Crippen molar-refractivity contribution in [1.29, 1.82) is 0 Å². The van der Waals surface area contributed by atoms with Gasteiger partial charge in [-0.25, -0.2) is 21.9 Å². The van der Waals surface area contributed by atoms with Crippen LogP contribution in [0.25, 0.3) is 0 Å². The molecule has 1 saturated carbocycles. The molecule has 1 aliphatic carbocycles. The van der Waals surface area contributed by atoms with E-state index in [4.69, 9.17) is 5.73 Å². The molecule has 1 aliphatic rings. The van der Waals surface area contributed by atoms with Crippen LogP contribution in [0.4, 0.5) is 8.78 Å². The molecule has 21 heavy (non-hydrogen) atoms. The van der Waals surface area contributed by atoms with Gasteiger partial charge in [-0.05, 0) is 31.7 Å². The van der Waals surface area contributed by atoms with Gasteiger partial charge < -0.3 is 5.73 Å². The highest BCUT2D eigenvalue weighted by molar-refractivity contribution is 7.89. The van der Waals surface area contributed by atoms with Crippen LogP contribution < -0.4 is 10.5 Å². The number of nitrogens with one attached hydrogen (secondary N) is 1. The molecule has 2 rings (SSSR count). The molecule has 0 saturated heterocycles. The van der Waals surface area contributed by atoms with Gasteiger partial charge in [0.1, 0.15) is 16.5 Å². The lowest BCUT2D eigenvalue weighted by Crippen LogP contribution is -2.35. The van der Waals surface area contributed by atoms with Crippen LogP contribution in [-0.4, -0.2) is 21.0 Å². The van der Waals surface area contributed by atoms with Crippen molar-refractivity contribution in [2.75, 3.05) is 6.54 Å². The topological polar surface area (TPSA) is 72.2 Å². The van der Waals surface area contributed by atoms with Crippen LogP contribution in [0.15, 0.2) is 17.0 Å². The zero-order valence-corrected chi connectivity index (χ0v) is 12.3. The van der Waals surface area contributed by atoms with Crippen LogP contribution >= 0.6 is 0 Å². The number of benzene rings is 1. The largest absolute Gasteiger partial charge is 0.320 e. The first-order valence-electron chi connectivity index (χ1n) is 6.55. The number of hydrogen-bond donors (Lipinski definition) is 2. The zero-order valence-electron chi connectivity index (χ0n) is 11.5. The third-order valence-corrected chi connectivity index (χ3v) is 4.91. The Hall–Kier alpha value is -1.49. The summed E-state index contributed by atoms with van der Waals surface area (Å²) in [7, 11) is -4.11. The van der Waals surface area contributed by atoms with Crippen molar-refractivity contribution >= 4 is 10.0 Å². The molecule has 0 amide bonds. The third-order valence-electron chi connectivity index (χ3n) is 3.27. The van der Waals surface area contributed by atoms with Gasteiger partial charge in [0, 0.05) is 12.1 Å².